The van der Waals surface area contributed by atoms with E-state index in [4.69, 9.17) is 4.74 Å². The highest BCUT2D eigenvalue weighted by Gasteiger charge is 2.13. The van der Waals surface area contributed by atoms with Crippen molar-refractivity contribution in [1.29, 1.82) is 0 Å². The number of nitrogens with one attached hydrogen (secondary N) is 1. The van der Waals surface area contributed by atoms with Crippen molar-refractivity contribution >= 4 is 37.4 Å². The lowest BCUT2D eigenvalue weighted by Crippen LogP contribution is -2.03. The smallest absolute Gasteiger partial charge is 0.176 e. The number of halogens is 1. The van der Waals surface area contributed by atoms with Crippen LogP contribution in [0.15, 0.2) is 76.6 Å². The van der Waals surface area contributed by atoms with Gasteiger partial charge in [0.25, 0.3) is 0 Å². The molecule has 1 N–H and O–H groups in total. The predicted molar refractivity (Wildman–Crippen MR) is 140 cm³/mol. The molecular weight excluding hydrogens is 508 g/mol. The molecule has 0 amide bonds. The van der Waals surface area contributed by atoms with Crippen LogP contribution in [0.25, 0.3) is 21.2 Å². The number of H-pyrrole nitrogens is 1. The first kappa shape index (κ1) is 22.3. The van der Waals surface area contributed by atoms with Crippen LogP contribution in [0.4, 0.5) is 0 Å². The second kappa shape index (κ2) is 10.2. The molecule has 0 aliphatic carbocycles. The number of benzene rings is 3. The number of rotatable bonds is 7. The van der Waals surface area contributed by atoms with Gasteiger partial charge in [-0.2, -0.15) is 5.21 Å². The SMILES string of the molecule is CC#CC(Cc1nn[nH]n1)c1ccc(OCc2ccc3scc(-c4ccccc4Br)c3c2)cc1. The predicted octanol–water partition coefficient (Wildman–Crippen LogP) is 6.77. The summed E-state index contributed by atoms with van der Waals surface area (Å²) in [6.07, 6.45) is 0.609. The summed E-state index contributed by atoms with van der Waals surface area (Å²) >= 11 is 5.45. The van der Waals surface area contributed by atoms with Gasteiger partial charge in [0.2, 0.25) is 0 Å². The molecule has 0 aliphatic heterocycles. The fraction of sp³-hybridized carbons (Fsp3) is 0.148. The molecule has 5 aromatic rings. The Hall–Kier alpha value is -3.47. The van der Waals surface area contributed by atoms with E-state index in [1.54, 1.807) is 11.3 Å². The highest BCUT2D eigenvalue weighted by Crippen LogP contribution is 2.38. The summed E-state index contributed by atoms with van der Waals surface area (Å²) in [4.78, 5) is 0. The molecule has 168 valence electrons. The number of hydrogen-bond donors (Lipinski definition) is 1. The Kier molecular flexibility index (Phi) is 6.70. The maximum atomic E-state index is 6.11. The van der Waals surface area contributed by atoms with Gasteiger partial charge in [-0.05, 0) is 59.3 Å². The number of aromatic nitrogens is 4. The average molecular weight is 529 g/mol. The van der Waals surface area contributed by atoms with Crippen LogP contribution < -0.4 is 4.74 Å². The molecule has 7 heteroatoms. The largest absolute Gasteiger partial charge is 0.489 e. The molecular formula is C27H21BrN4OS. The van der Waals surface area contributed by atoms with E-state index in [0.717, 1.165) is 21.3 Å². The molecule has 1 unspecified atom stereocenters. The lowest BCUT2D eigenvalue weighted by atomic mass is 9.96. The van der Waals surface area contributed by atoms with Crippen molar-refractivity contribution in [2.45, 2.75) is 25.9 Å². The van der Waals surface area contributed by atoms with E-state index in [9.17, 15) is 0 Å². The van der Waals surface area contributed by atoms with E-state index in [1.807, 2.05) is 25.1 Å². The standard InChI is InChI=1S/C27H21BrN4OS/c1-2-5-20(15-27-29-31-32-30-27)19-9-11-21(12-10-19)33-16-18-8-13-26-23(14-18)24(17-34-26)22-6-3-4-7-25(22)28/h3-4,6-14,17,20H,15-16H2,1H3,(H,29,30,31,32). The number of nitrogens with zero attached hydrogens (tertiary/aromatic N) is 3. The van der Waals surface area contributed by atoms with Crippen molar-refractivity contribution in [3.8, 4) is 28.7 Å². The van der Waals surface area contributed by atoms with E-state index >= 15 is 0 Å². The summed E-state index contributed by atoms with van der Waals surface area (Å²) < 4.78 is 8.47. The highest BCUT2D eigenvalue weighted by atomic mass is 79.9. The zero-order valence-corrected chi connectivity index (χ0v) is 20.9. The van der Waals surface area contributed by atoms with Gasteiger partial charge < -0.3 is 4.74 Å². The number of tetrazole rings is 1. The Morgan fingerprint density at radius 2 is 1.91 bits per heavy atom. The Morgan fingerprint density at radius 1 is 1.06 bits per heavy atom. The zero-order chi connectivity index (χ0) is 23.3. The first-order valence-corrected chi connectivity index (χ1v) is 12.5. The molecule has 2 aromatic heterocycles. The van der Waals surface area contributed by atoms with Crippen molar-refractivity contribution < 1.29 is 4.74 Å². The minimum absolute atomic E-state index is 0.00776. The van der Waals surface area contributed by atoms with Gasteiger partial charge >= 0.3 is 0 Å². The monoisotopic (exact) mass is 528 g/mol. The van der Waals surface area contributed by atoms with E-state index in [-0.39, 0.29) is 5.92 Å². The Labute approximate surface area is 210 Å². The molecule has 1 atom stereocenters. The van der Waals surface area contributed by atoms with Crippen molar-refractivity contribution in [2.24, 2.45) is 0 Å². The number of thiophene rings is 1. The molecule has 0 fully saturated rings. The van der Waals surface area contributed by atoms with E-state index in [1.165, 1.54) is 21.2 Å². The second-order valence-electron chi connectivity index (χ2n) is 7.80. The van der Waals surface area contributed by atoms with Crippen molar-refractivity contribution in [1.82, 2.24) is 20.6 Å². The number of fused-ring (bicyclic) bond motifs is 1. The first-order chi connectivity index (χ1) is 16.7. The average Bonchev–Trinajstić information content (AvgIpc) is 3.53. The fourth-order valence-corrected chi connectivity index (χ4v) is 5.33. The summed E-state index contributed by atoms with van der Waals surface area (Å²) in [5, 5.41) is 17.7. The Bertz CT molecular complexity index is 1470. The van der Waals surface area contributed by atoms with Crippen LogP contribution >= 0.6 is 27.3 Å². The van der Waals surface area contributed by atoms with E-state index in [2.05, 4.69) is 102 Å². The van der Waals surface area contributed by atoms with Crippen LogP contribution in [0.2, 0.25) is 0 Å². The zero-order valence-electron chi connectivity index (χ0n) is 18.5. The maximum absolute atomic E-state index is 6.11. The van der Waals surface area contributed by atoms with Gasteiger partial charge in [0.15, 0.2) is 5.82 Å². The van der Waals surface area contributed by atoms with Crippen LogP contribution in [0.5, 0.6) is 5.75 Å². The summed E-state index contributed by atoms with van der Waals surface area (Å²) in [7, 11) is 0. The molecule has 3 aromatic carbocycles. The molecule has 5 nitrogen and oxygen atoms in total. The fourth-order valence-electron chi connectivity index (χ4n) is 3.90. The topological polar surface area (TPSA) is 63.7 Å². The lowest BCUT2D eigenvalue weighted by Gasteiger charge is -2.11. The minimum atomic E-state index is 0.00776. The van der Waals surface area contributed by atoms with E-state index < -0.39 is 0 Å². The number of hydrogen-bond acceptors (Lipinski definition) is 5. The van der Waals surface area contributed by atoms with Gasteiger partial charge in [0.1, 0.15) is 12.4 Å². The summed E-state index contributed by atoms with van der Waals surface area (Å²) in [5.41, 5.74) is 4.68. The molecule has 2 heterocycles. The normalized spacial score (nSPS) is 11.7. The molecule has 5 rings (SSSR count). The van der Waals surface area contributed by atoms with Crippen LogP contribution in [-0.2, 0) is 13.0 Å². The van der Waals surface area contributed by atoms with Crippen LogP contribution in [0, 0.1) is 11.8 Å². The van der Waals surface area contributed by atoms with Gasteiger partial charge in [-0.25, -0.2) is 0 Å². The highest BCUT2D eigenvalue weighted by molar-refractivity contribution is 9.10. The Balaban J connectivity index is 1.31. The van der Waals surface area contributed by atoms with Gasteiger partial charge in [0.05, 0.1) is 5.92 Å². The van der Waals surface area contributed by atoms with Crippen LogP contribution in [-0.4, -0.2) is 20.6 Å². The maximum Gasteiger partial charge on any atom is 0.176 e. The molecule has 0 spiro atoms. The molecule has 34 heavy (non-hydrogen) atoms. The number of aromatic amines is 1. The minimum Gasteiger partial charge on any atom is -0.489 e. The van der Waals surface area contributed by atoms with E-state index in [0.29, 0.717) is 18.9 Å². The second-order valence-corrected chi connectivity index (χ2v) is 9.56. The van der Waals surface area contributed by atoms with Gasteiger partial charge in [-0.15, -0.1) is 27.5 Å². The summed E-state index contributed by atoms with van der Waals surface area (Å²) in [5.74, 6) is 7.72. The lowest BCUT2D eigenvalue weighted by molar-refractivity contribution is 0.306. The molecule has 0 saturated heterocycles. The van der Waals surface area contributed by atoms with Crippen LogP contribution in [0.1, 0.15) is 29.8 Å². The van der Waals surface area contributed by atoms with Crippen molar-refractivity contribution in [3.05, 3.63) is 93.5 Å². The molecule has 0 radical (unpaired) electrons. The third-order valence-corrected chi connectivity index (χ3v) is 7.24. The van der Waals surface area contributed by atoms with Gasteiger partial charge in [0, 0.05) is 26.5 Å². The Morgan fingerprint density at radius 3 is 2.68 bits per heavy atom. The van der Waals surface area contributed by atoms with Gasteiger partial charge in [-0.3, -0.25) is 0 Å². The third kappa shape index (κ3) is 4.89. The van der Waals surface area contributed by atoms with Crippen LogP contribution in [0.3, 0.4) is 0 Å². The molecule has 0 saturated carbocycles. The quantitative estimate of drug-likeness (QED) is 0.236. The molecule has 0 bridgehead atoms. The third-order valence-electron chi connectivity index (χ3n) is 5.58. The van der Waals surface area contributed by atoms with Crippen molar-refractivity contribution in [2.75, 3.05) is 0 Å². The van der Waals surface area contributed by atoms with Crippen molar-refractivity contribution in [3.63, 3.8) is 0 Å². The van der Waals surface area contributed by atoms with Gasteiger partial charge in [-0.1, -0.05) is 63.5 Å². The number of ether oxygens (including phenoxy) is 1. The molecule has 0 aliphatic rings. The summed E-state index contributed by atoms with van der Waals surface area (Å²) in [6.45, 7) is 2.34. The summed E-state index contributed by atoms with van der Waals surface area (Å²) in [6, 6.07) is 23.0. The first-order valence-electron chi connectivity index (χ1n) is 10.8.